The maximum absolute atomic E-state index is 13.3. The molecule has 1 aromatic carbocycles. The molecule has 1 spiro atoms. The minimum atomic E-state index is -0.429. The normalized spacial score (nSPS) is 18.2. The second-order valence-electron chi connectivity index (χ2n) is 7.64. The van der Waals surface area contributed by atoms with Gasteiger partial charge in [0.25, 0.3) is 5.91 Å². The highest BCUT2D eigenvalue weighted by molar-refractivity contribution is 6.05. The molecule has 4 rings (SSSR count). The molecule has 29 heavy (non-hydrogen) atoms. The van der Waals surface area contributed by atoms with Crippen molar-refractivity contribution in [1.82, 2.24) is 9.97 Å². The fraction of sp³-hybridized carbons (Fsp3) is 0.500. The first-order valence-corrected chi connectivity index (χ1v) is 10.3. The van der Waals surface area contributed by atoms with Crippen molar-refractivity contribution in [1.29, 1.82) is 0 Å². The van der Waals surface area contributed by atoms with Gasteiger partial charge in [0.2, 0.25) is 0 Å². The molecule has 2 aliphatic rings. The summed E-state index contributed by atoms with van der Waals surface area (Å²) in [5.74, 6) is 0.844. The number of carbonyl (C=O) groups excluding carboxylic acids is 1. The van der Waals surface area contributed by atoms with Crippen molar-refractivity contribution in [2.24, 2.45) is 0 Å². The van der Waals surface area contributed by atoms with Crippen molar-refractivity contribution >= 4 is 17.4 Å². The second kappa shape index (κ2) is 8.08. The molecule has 7 nitrogen and oxygen atoms in total. The number of amides is 1. The molecule has 154 valence electrons. The summed E-state index contributed by atoms with van der Waals surface area (Å²) in [7, 11) is 0. The Hall–Kier alpha value is -2.51. The van der Waals surface area contributed by atoms with Crippen molar-refractivity contribution in [2.75, 3.05) is 42.6 Å². The van der Waals surface area contributed by atoms with Crippen molar-refractivity contribution < 1.29 is 14.3 Å². The van der Waals surface area contributed by atoms with Crippen LogP contribution in [-0.2, 0) is 9.47 Å². The van der Waals surface area contributed by atoms with Crippen LogP contribution in [0.4, 0.5) is 11.5 Å². The number of ether oxygens (including phenoxy) is 2. The Morgan fingerprint density at radius 1 is 1.14 bits per heavy atom. The van der Waals surface area contributed by atoms with E-state index in [1.54, 1.807) is 4.90 Å². The van der Waals surface area contributed by atoms with E-state index >= 15 is 0 Å². The van der Waals surface area contributed by atoms with Crippen molar-refractivity contribution in [2.45, 2.75) is 39.4 Å². The van der Waals surface area contributed by atoms with Crippen LogP contribution >= 0.6 is 0 Å². The molecule has 0 atom stereocenters. The van der Waals surface area contributed by atoms with Gasteiger partial charge >= 0.3 is 0 Å². The number of aryl methyl sites for hydroxylation is 2. The molecule has 0 bridgehead atoms. The van der Waals surface area contributed by atoms with Gasteiger partial charge < -0.3 is 19.3 Å². The van der Waals surface area contributed by atoms with Crippen LogP contribution in [0.5, 0.6) is 0 Å². The average Bonchev–Trinajstić information content (AvgIpc) is 3.16. The molecule has 7 heteroatoms. The Morgan fingerprint density at radius 2 is 1.86 bits per heavy atom. The van der Waals surface area contributed by atoms with E-state index in [0.717, 1.165) is 43.0 Å². The molecular weight excluding hydrogens is 368 g/mol. The predicted molar refractivity (Wildman–Crippen MR) is 111 cm³/mol. The number of benzene rings is 1. The van der Waals surface area contributed by atoms with Gasteiger partial charge in [-0.2, -0.15) is 0 Å². The minimum Gasteiger partial charge on any atom is -0.356 e. The Labute approximate surface area is 171 Å². The molecule has 0 radical (unpaired) electrons. The lowest BCUT2D eigenvalue weighted by Gasteiger charge is -2.38. The van der Waals surface area contributed by atoms with Gasteiger partial charge in [0.1, 0.15) is 17.3 Å². The molecule has 0 saturated carbocycles. The van der Waals surface area contributed by atoms with Gasteiger partial charge in [-0.3, -0.25) is 4.79 Å². The number of rotatable bonds is 4. The first-order valence-electron chi connectivity index (χ1n) is 10.3. The summed E-state index contributed by atoms with van der Waals surface area (Å²) in [6.07, 6.45) is 1.59. The van der Waals surface area contributed by atoms with Crippen LogP contribution in [0.1, 0.15) is 41.6 Å². The summed E-state index contributed by atoms with van der Waals surface area (Å²) < 4.78 is 11.6. The summed E-state index contributed by atoms with van der Waals surface area (Å²) >= 11 is 0. The standard InChI is InChI=1S/C22H28N4O3/c1-4-26(18-7-5-6-16(2)14-18)21(27)19-15-20(24-17(3)23-19)25-10-8-22(9-11-25)28-12-13-29-22/h5-7,14-15H,4,8-13H2,1-3H3. The highest BCUT2D eigenvalue weighted by Gasteiger charge is 2.40. The van der Waals surface area contributed by atoms with Gasteiger partial charge in [0.15, 0.2) is 5.79 Å². The molecular formula is C22H28N4O3. The summed E-state index contributed by atoms with van der Waals surface area (Å²) in [5.41, 5.74) is 2.42. The largest absolute Gasteiger partial charge is 0.356 e. The zero-order valence-electron chi connectivity index (χ0n) is 17.4. The Balaban J connectivity index is 1.55. The number of piperidine rings is 1. The number of nitrogens with zero attached hydrogens (tertiary/aromatic N) is 4. The molecule has 1 amide bonds. The van der Waals surface area contributed by atoms with E-state index in [2.05, 4.69) is 14.9 Å². The third-order valence-electron chi connectivity index (χ3n) is 5.58. The topological polar surface area (TPSA) is 67.8 Å². The van der Waals surface area contributed by atoms with Gasteiger partial charge in [-0.25, -0.2) is 9.97 Å². The minimum absolute atomic E-state index is 0.110. The zero-order valence-corrected chi connectivity index (χ0v) is 17.4. The van der Waals surface area contributed by atoms with E-state index in [0.29, 0.717) is 31.3 Å². The fourth-order valence-corrected chi connectivity index (χ4v) is 4.06. The molecule has 2 aromatic rings. The van der Waals surface area contributed by atoms with E-state index in [1.165, 1.54) is 0 Å². The monoisotopic (exact) mass is 396 g/mol. The van der Waals surface area contributed by atoms with E-state index in [9.17, 15) is 4.79 Å². The average molecular weight is 396 g/mol. The van der Waals surface area contributed by atoms with Crippen LogP contribution in [0, 0.1) is 13.8 Å². The highest BCUT2D eigenvalue weighted by Crippen LogP contribution is 2.33. The maximum atomic E-state index is 13.3. The summed E-state index contributed by atoms with van der Waals surface area (Å²) in [6.45, 7) is 9.28. The maximum Gasteiger partial charge on any atom is 0.277 e. The fourth-order valence-electron chi connectivity index (χ4n) is 4.06. The Morgan fingerprint density at radius 3 is 2.52 bits per heavy atom. The van der Waals surface area contributed by atoms with Crippen LogP contribution in [0.3, 0.4) is 0 Å². The van der Waals surface area contributed by atoms with Gasteiger partial charge in [0, 0.05) is 44.2 Å². The molecule has 2 fully saturated rings. The molecule has 2 saturated heterocycles. The second-order valence-corrected chi connectivity index (χ2v) is 7.64. The lowest BCUT2D eigenvalue weighted by Crippen LogP contribution is -2.45. The van der Waals surface area contributed by atoms with Crippen molar-refractivity contribution in [3.8, 4) is 0 Å². The third-order valence-corrected chi connectivity index (χ3v) is 5.58. The highest BCUT2D eigenvalue weighted by atomic mass is 16.7. The van der Waals surface area contributed by atoms with Gasteiger partial charge in [0.05, 0.1) is 13.2 Å². The van der Waals surface area contributed by atoms with Crippen LogP contribution in [-0.4, -0.2) is 54.5 Å². The molecule has 0 unspecified atom stereocenters. The number of anilines is 2. The van der Waals surface area contributed by atoms with Crippen LogP contribution < -0.4 is 9.80 Å². The number of hydrogen-bond acceptors (Lipinski definition) is 6. The quantitative estimate of drug-likeness (QED) is 0.791. The Bertz CT molecular complexity index is 885. The number of hydrogen-bond donors (Lipinski definition) is 0. The number of carbonyl (C=O) groups is 1. The smallest absolute Gasteiger partial charge is 0.277 e. The van der Waals surface area contributed by atoms with Gasteiger partial charge in [-0.15, -0.1) is 0 Å². The molecule has 3 heterocycles. The van der Waals surface area contributed by atoms with Crippen LogP contribution in [0.25, 0.3) is 0 Å². The third kappa shape index (κ3) is 4.11. The number of aromatic nitrogens is 2. The van der Waals surface area contributed by atoms with Gasteiger partial charge in [-0.05, 0) is 38.5 Å². The van der Waals surface area contributed by atoms with Crippen molar-refractivity contribution in [3.63, 3.8) is 0 Å². The lowest BCUT2D eigenvalue weighted by atomic mass is 10.0. The molecule has 0 N–H and O–H groups in total. The summed E-state index contributed by atoms with van der Waals surface area (Å²) in [4.78, 5) is 26.2. The molecule has 1 aromatic heterocycles. The zero-order chi connectivity index (χ0) is 20.4. The van der Waals surface area contributed by atoms with Gasteiger partial charge in [-0.1, -0.05) is 12.1 Å². The van der Waals surface area contributed by atoms with Crippen LogP contribution in [0.15, 0.2) is 30.3 Å². The first kappa shape index (κ1) is 19.8. The lowest BCUT2D eigenvalue weighted by molar-refractivity contribution is -0.169. The Kier molecular flexibility index (Phi) is 5.52. The summed E-state index contributed by atoms with van der Waals surface area (Å²) in [6, 6.07) is 9.77. The molecule has 2 aliphatic heterocycles. The van der Waals surface area contributed by atoms with E-state index in [4.69, 9.17) is 9.47 Å². The van der Waals surface area contributed by atoms with Crippen LogP contribution in [0.2, 0.25) is 0 Å². The van der Waals surface area contributed by atoms with E-state index in [1.807, 2.05) is 51.1 Å². The first-order chi connectivity index (χ1) is 14.0. The SMILES string of the molecule is CCN(C(=O)c1cc(N2CCC3(CC2)OCCO3)nc(C)n1)c1cccc(C)c1. The van der Waals surface area contributed by atoms with Crippen molar-refractivity contribution in [3.05, 3.63) is 47.4 Å². The summed E-state index contributed by atoms with van der Waals surface area (Å²) in [5, 5.41) is 0. The van der Waals surface area contributed by atoms with E-state index < -0.39 is 5.79 Å². The molecule has 0 aliphatic carbocycles. The predicted octanol–water partition coefficient (Wildman–Crippen LogP) is 3.10. The van der Waals surface area contributed by atoms with E-state index in [-0.39, 0.29) is 5.91 Å².